The molecule has 4 heterocycles. The molecule has 280 valence electrons. The second kappa shape index (κ2) is 29.2. The quantitative estimate of drug-likeness (QED) is 0.0524. The molecular weight excluding hydrogens is 705 g/mol. The summed E-state index contributed by atoms with van der Waals surface area (Å²) in [6.45, 7) is 18.5. The number of hydrogen-bond acceptors (Lipinski definition) is 17. The van der Waals surface area contributed by atoms with Crippen molar-refractivity contribution in [3.8, 4) is 0 Å². The van der Waals surface area contributed by atoms with Crippen LogP contribution in [-0.2, 0) is 41.1 Å². The van der Waals surface area contributed by atoms with Crippen LogP contribution < -0.4 is 0 Å². The minimum Gasteiger partial charge on any atom is -0.461 e. The number of carbonyl (C=O) groups excluding carboxylic acids is 3. The SMILES string of the molecule is C=CC.CCOC(=O)/C(Cl)=N/O.CCOC(=O)C1=NOC(C)C1.CCOC(=O)c1cc(C)on1.Cc1cc(CCl)no1.Cc1cc(CO)no1. The van der Waals surface area contributed by atoms with Crippen LogP contribution in [0.5, 0.6) is 0 Å². The van der Waals surface area contributed by atoms with Gasteiger partial charge in [-0.1, -0.05) is 43.5 Å². The van der Waals surface area contributed by atoms with Crippen molar-refractivity contribution in [3.63, 3.8) is 0 Å². The number of aromatic nitrogens is 3. The maximum Gasteiger partial charge on any atom is 0.372 e. The Morgan fingerprint density at radius 2 is 1.40 bits per heavy atom. The van der Waals surface area contributed by atoms with E-state index in [1.165, 1.54) is 6.07 Å². The number of hydrogen-bond donors (Lipinski definition) is 2. The third-order valence-electron chi connectivity index (χ3n) is 4.63. The van der Waals surface area contributed by atoms with Crippen LogP contribution in [0.1, 0.15) is 80.2 Å². The molecule has 0 aliphatic carbocycles. The molecule has 0 saturated carbocycles. The second-order valence-corrected chi connectivity index (χ2v) is 9.72. The van der Waals surface area contributed by atoms with Crippen LogP contribution in [0.3, 0.4) is 0 Å². The number of ether oxygens (including phenoxy) is 3. The van der Waals surface area contributed by atoms with Crippen LogP contribution in [0.4, 0.5) is 0 Å². The van der Waals surface area contributed by atoms with E-state index in [1.807, 2.05) is 26.8 Å². The van der Waals surface area contributed by atoms with Gasteiger partial charge in [-0.15, -0.1) is 18.2 Å². The lowest BCUT2D eigenvalue weighted by molar-refractivity contribution is -0.135. The summed E-state index contributed by atoms with van der Waals surface area (Å²) in [5, 5.41) is 32.4. The number of carbonyl (C=O) groups is 3. The van der Waals surface area contributed by atoms with Crippen LogP contribution in [0.25, 0.3) is 0 Å². The number of aryl methyl sites for hydroxylation is 3. The molecule has 4 rings (SSSR count). The molecule has 19 heteroatoms. The van der Waals surface area contributed by atoms with Gasteiger partial charge >= 0.3 is 17.9 Å². The normalized spacial score (nSPS) is 12.4. The Balaban J connectivity index is 0. The number of halogens is 2. The average Bonchev–Trinajstić information content (AvgIpc) is 3.91. The van der Waals surface area contributed by atoms with Crippen LogP contribution in [0.15, 0.2) is 54.7 Å². The van der Waals surface area contributed by atoms with Gasteiger partial charge in [-0.2, -0.15) is 0 Å². The summed E-state index contributed by atoms with van der Waals surface area (Å²) in [6, 6.07) is 5.05. The number of aliphatic hydroxyl groups excluding tert-OH is 1. The summed E-state index contributed by atoms with van der Waals surface area (Å²) < 4.78 is 27.8. The largest absolute Gasteiger partial charge is 0.461 e. The standard InChI is InChI=1S/C7H11NO3.C7H9NO3.C5H6ClNO.C5H7NO2.C4H6ClNO3.C3H6/c2*1-3-10-7(9)6-4-5(2)11-8-6;1-4-2-5(3-6)7-8-4;1-4-2-5(3-7)6-8-4;1-2-9-4(7)3(5)6-8;1-3-2/h5H,3-4H2,1-2H3;4H,3H2,1-2H3;2H,3H2,1H3;2,7H,3H2,1H3;8H,2H2,1H3;3H,1H2,2H3/b;;;;6-3-;. The molecule has 17 nitrogen and oxygen atoms in total. The number of allylic oxidation sites excluding steroid dienone is 1. The Bertz CT molecular complexity index is 1410. The molecule has 3 aromatic rings. The number of oxime groups is 2. The van der Waals surface area contributed by atoms with Crippen molar-refractivity contribution in [3.05, 3.63) is 65.2 Å². The average molecular weight is 751 g/mol. The third kappa shape index (κ3) is 22.8. The Morgan fingerprint density at radius 1 is 0.920 bits per heavy atom. The molecule has 2 N–H and O–H groups in total. The third-order valence-corrected chi connectivity index (χ3v) is 5.14. The minimum atomic E-state index is -0.818. The lowest BCUT2D eigenvalue weighted by atomic mass is 10.2. The van der Waals surface area contributed by atoms with E-state index in [2.05, 4.69) is 50.9 Å². The molecule has 0 bridgehead atoms. The smallest absolute Gasteiger partial charge is 0.372 e. The van der Waals surface area contributed by atoms with Gasteiger partial charge in [0.05, 0.1) is 38.0 Å². The minimum absolute atomic E-state index is 0.00871. The van der Waals surface area contributed by atoms with E-state index in [4.69, 9.17) is 47.6 Å². The van der Waals surface area contributed by atoms with E-state index < -0.39 is 17.1 Å². The van der Waals surface area contributed by atoms with Gasteiger partial charge in [-0.25, -0.2) is 14.4 Å². The van der Waals surface area contributed by atoms with E-state index in [9.17, 15) is 14.4 Å². The monoisotopic (exact) mass is 749 g/mol. The number of alkyl halides is 1. The Hall–Kier alpha value is -4.74. The lowest BCUT2D eigenvalue weighted by Gasteiger charge is -1.98. The fourth-order valence-electron chi connectivity index (χ4n) is 2.71. The molecule has 0 saturated heterocycles. The molecule has 3 aromatic heterocycles. The van der Waals surface area contributed by atoms with Crippen molar-refractivity contribution in [2.45, 2.75) is 80.4 Å². The molecule has 1 unspecified atom stereocenters. The fourth-order valence-corrected chi connectivity index (χ4v) is 2.89. The first-order valence-corrected chi connectivity index (χ1v) is 15.8. The number of aliphatic hydroxyl groups is 1. The molecule has 50 heavy (non-hydrogen) atoms. The summed E-state index contributed by atoms with van der Waals surface area (Å²) >= 11 is 10.4. The van der Waals surface area contributed by atoms with Gasteiger partial charge in [0.1, 0.15) is 29.1 Å². The summed E-state index contributed by atoms with van der Waals surface area (Å²) in [5.41, 5.74) is 2.00. The van der Waals surface area contributed by atoms with E-state index in [1.54, 1.807) is 46.8 Å². The highest BCUT2D eigenvalue weighted by molar-refractivity contribution is 6.81. The predicted molar refractivity (Wildman–Crippen MR) is 182 cm³/mol. The van der Waals surface area contributed by atoms with Gasteiger partial charge in [0, 0.05) is 24.6 Å². The molecule has 0 aromatic carbocycles. The number of rotatable bonds is 8. The zero-order chi connectivity index (χ0) is 38.5. The second-order valence-electron chi connectivity index (χ2n) is 9.09. The molecule has 0 spiro atoms. The van der Waals surface area contributed by atoms with Gasteiger partial charge in [0.25, 0.3) is 5.17 Å². The van der Waals surface area contributed by atoms with Crippen LogP contribution in [-0.4, -0.2) is 80.5 Å². The highest BCUT2D eigenvalue weighted by Crippen LogP contribution is 2.10. The van der Waals surface area contributed by atoms with Gasteiger partial charge < -0.3 is 42.9 Å². The molecule has 1 atom stereocenters. The van der Waals surface area contributed by atoms with E-state index >= 15 is 0 Å². The van der Waals surface area contributed by atoms with E-state index in [0.717, 1.165) is 17.2 Å². The first-order chi connectivity index (χ1) is 23.8. The number of nitrogens with zero attached hydrogens (tertiary/aromatic N) is 5. The Morgan fingerprint density at radius 3 is 1.72 bits per heavy atom. The molecule has 1 aliphatic heterocycles. The summed E-state index contributed by atoms with van der Waals surface area (Å²) in [4.78, 5) is 37.0. The zero-order valence-electron chi connectivity index (χ0n) is 29.3. The fraction of sp³-hybridized carbons (Fsp3) is 0.484. The first-order valence-electron chi connectivity index (χ1n) is 14.9. The van der Waals surface area contributed by atoms with E-state index in [-0.39, 0.29) is 31.0 Å². The maximum atomic E-state index is 11.0. The van der Waals surface area contributed by atoms with E-state index in [0.29, 0.717) is 42.7 Å². The summed E-state index contributed by atoms with van der Waals surface area (Å²) in [6.07, 6.45) is 2.31. The Labute approximate surface area is 300 Å². The van der Waals surface area contributed by atoms with Gasteiger partial charge in [0.2, 0.25) is 0 Å². The summed E-state index contributed by atoms with van der Waals surface area (Å²) in [7, 11) is 0. The Kier molecular flexibility index (Phi) is 27.7. The highest BCUT2D eigenvalue weighted by atomic mass is 35.5. The van der Waals surface area contributed by atoms with Crippen LogP contribution >= 0.6 is 23.2 Å². The lowest BCUT2D eigenvalue weighted by Crippen LogP contribution is -2.16. The van der Waals surface area contributed by atoms with Crippen molar-refractivity contribution >= 4 is 52.0 Å². The maximum absolute atomic E-state index is 11.0. The van der Waals surface area contributed by atoms with Gasteiger partial charge in [0.15, 0.2) is 11.4 Å². The molecule has 1 aliphatic rings. The van der Waals surface area contributed by atoms with Crippen molar-refractivity contribution in [2.24, 2.45) is 10.3 Å². The zero-order valence-corrected chi connectivity index (χ0v) is 30.8. The topological polar surface area (TPSA) is 231 Å². The molecule has 0 fully saturated rings. The first kappa shape index (κ1) is 47.4. The predicted octanol–water partition coefficient (Wildman–Crippen LogP) is 5.84. The number of esters is 3. The van der Waals surface area contributed by atoms with Crippen LogP contribution in [0.2, 0.25) is 0 Å². The van der Waals surface area contributed by atoms with Crippen molar-refractivity contribution in [1.29, 1.82) is 0 Å². The summed E-state index contributed by atoms with van der Waals surface area (Å²) in [5.74, 6) is 0.947. The van der Waals surface area contributed by atoms with Crippen molar-refractivity contribution in [2.75, 3.05) is 19.8 Å². The molecule has 0 radical (unpaired) electrons. The van der Waals surface area contributed by atoms with Gasteiger partial charge in [-0.3, -0.25) is 0 Å². The van der Waals surface area contributed by atoms with Crippen LogP contribution in [0, 0.1) is 20.8 Å². The molecule has 0 amide bonds. The highest BCUT2D eigenvalue weighted by Gasteiger charge is 2.23. The van der Waals surface area contributed by atoms with Gasteiger partial charge in [-0.05, 0) is 55.4 Å². The van der Waals surface area contributed by atoms with Crippen molar-refractivity contribution in [1.82, 2.24) is 15.5 Å². The van der Waals surface area contributed by atoms with Crippen molar-refractivity contribution < 1.29 is 57.3 Å². The molecular formula is C31H45Cl2N5O12.